The van der Waals surface area contributed by atoms with Gasteiger partial charge < -0.3 is 15.4 Å². The Morgan fingerprint density at radius 2 is 1.18 bits per heavy atom. The molecule has 4 rings (SSSR count). The Balaban J connectivity index is 1.45. The van der Waals surface area contributed by atoms with E-state index in [2.05, 4.69) is 10.6 Å². The number of amides is 2. The molecule has 0 radical (unpaired) electrons. The molecule has 0 spiro atoms. The number of carbonyl (C=O) groups excluding carboxylic acids is 2. The molecule has 0 aliphatic heterocycles. The second-order valence-corrected chi connectivity index (χ2v) is 7.43. The van der Waals surface area contributed by atoms with Crippen molar-refractivity contribution in [2.24, 2.45) is 0 Å². The fraction of sp³-hybridized carbons (Fsp3) is 0.0714. The lowest BCUT2D eigenvalue weighted by Gasteiger charge is -2.20. The molecule has 0 aliphatic rings. The lowest BCUT2D eigenvalue weighted by atomic mass is 9.99. The number of hydrogen-bond donors (Lipinski definition) is 2. The Labute approximate surface area is 193 Å². The van der Waals surface area contributed by atoms with Crippen molar-refractivity contribution >= 4 is 17.5 Å². The van der Waals surface area contributed by atoms with Crippen LogP contribution in [-0.4, -0.2) is 18.4 Å². The van der Waals surface area contributed by atoms with E-state index in [4.69, 9.17) is 4.74 Å². The van der Waals surface area contributed by atoms with E-state index in [9.17, 15) is 9.59 Å². The molecule has 0 aromatic heterocycles. The first-order valence-corrected chi connectivity index (χ1v) is 10.7. The molecule has 164 valence electrons. The van der Waals surface area contributed by atoms with Crippen LogP contribution in [0.5, 0.6) is 5.75 Å². The zero-order valence-corrected chi connectivity index (χ0v) is 18.0. The predicted molar refractivity (Wildman–Crippen MR) is 129 cm³/mol. The quantitative estimate of drug-likeness (QED) is 0.398. The number of anilines is 1. The Morgan fingerprint density at radius 3 is 1.79 bits per heavy atom. The van der Waals surface area contributed by atoms with Crippen LogP contribution in [0.15, 0.2) is 115 Å². The topological polar surface area (TPSA) is 67.4 Å². The first-order chi connectivity index (χ1) is 16.2. The Bertz CT molecular complexity index is 1160. The van der Waals surface area contributed by atoms with Crippen molar-refractivity contribution in [1.82, 2.24) is 5.32 Å². The third-order valence-electron chi connectivity index (χ3n) is 5.09. The molecule has 4 aromatic rings. The maximum Gasteiger partial charge on any atom is 0.259 e. The number of para-hydroxylation sites is 2. The van der Waals surface area contributed by atoms with E-state index in [0.29, 0.717) is 17.0 Å². The summed E-state index contributed by atoms with van der Waals surface area (Å²) >= 11 is 0. The lowest BCUT2D eigenvalue weighted by molar-refractivity contribution is -0.123. The third-order valence-corrected chi connectivity index (χ3v) is 5.09. The van der Waals surface area contributed by atoms with Crippen molar-refractivity contribution in [3.05, 3.63) is 132 Å². The summed E-state index contributed by atoms with van der Waals surface area (Å²) in [5.74, 6) is -0.244. The van der Waals surface area contributed by atoms with Gasteiger partial charge in [-0.3, -0.25) is 9.59 Å². The number of hydrogen-bond acceptors (Lipinski definition) is 3. The van der Waals surface area contributed by atoms with Gasteiger partial charge in [-0.1, -0.05) is 91.0 Å². The molecular weight excluding hydrogens is 412 g/mol. The molecule has 0 atom stereocenters. The third kappa shape index (κ3) is 5.86. The molecule has 5 nitrogen and oxygen atoms in total. The molecule has 5 heteroatoms. The minimum Gasteiger partial charge on any atom is -0.483 e. The number of rotatable bonds is 8. The van der Waals surface area contributed by atoms with Crippen LogP contribution >= 0.6 is 0 Å². The summed E-state index contributed by atoms with van der Waals surface area (Å²) in [6.07, 6.45) is 0. The van der Waals surface area contributed by atoms with Crippen molar-refractivity contribution in [2.45, 2.75) is 6.04 Å². The van der Waals surface area contributed by atoms with Gasteiger partial charge in [-0.15, -0.1) is 0 Å². The summed E-state index contributed by atoms with van der Waals surface area (Å²) in [5.41, 5.74) is 2.99. The van der Waals surface area contributed by atoms with Gasteiger partial charge in [0, 0.05) is 5.69 Å². The Hall–Kier alpha value is -4.38. The number of benzene rings is 4. The van der Waals surface area contributed by atoms with E-state index in [1.165, 1.54) is 0 Å². The highest BCUT2D eigenvalue weighted by molar-refractivity contribution is 6.06. The highest BCUT2D eigenvalue weighted by Crippen LogP contribution is 2.23. The summed E-state index contributed by atoms with van der Waals surface area (Å²) in [5, 5.41) is 5.89. The normalized spacial score (nSPS) is 10.5. The van der Waals surface area contributed by atoms with Crippen molar-refractivity contribution in [3.63, 3.8) is 0 Å². The van der Waals surface area contributed by atoms with E-state index in [1.807, 2.05) is 91.0 Å². The maximum atomic E-state index is 12.8. The summed E-state index contributed by atoms with van der Waals surface area (Å²) < 4.78 is 5.76. The largest absolute Gasteiger partial charge is 0.483 e. The zero-order chi connectivity index (χ0) is 22.9. The van der Waals surface area contributed by atoms with Crippen LogP contribution in [0.1, 0.15) is 27.5 Å². The second-order valence-electron chi connectivity index (χ2n) is 7.43. The monoisotopic (exact) mass is 436 g/mol. The maximum absolute atomic E-state index is 12.8. The van der Waals surface area contributed by atoms with Gasteiger partial charge in [0.25, 0.3) is 11.8 Å². The molecule has 0 saturated carbocycles. The molecule has 0 heterocycles. The molecule has 0 unspecified atom stereocenters. The molecule has 33 heavy (non-hydrogen) atoms. The summed E-state index contributed by atoms with van der Waals surface area (Å²) in [6.45, 7) is -0.216. The van der Waals surface area contributed by atoms with Crippen LogP contribution < -0.4 is 15.4 Å². The van der Waals surface area contributed by atoms with Gasteiger partial charge in [-0.05, 0) is 35.4 Å². The van der Waals surface area contributed by atoms with Crippen LogP contribution in [0.25, 0.3) is 0 Å². The molecule has 2 amide bonds. The van der Waals surface area contributed by atoms with Crippen molar-refractivity contribution in [3.8, 4) is 5.75 Å². The predicted octanol–water partition coefficient (Wildman–Crippen LogP) is 5.22. The Kier molecular flexibility index (Phi) is 7.13. The number of carbonyl (C=O) groups is 2. The summed E-state index contributed by atoms with van der Waals surface area (Å²) in [6, 6.07) is 35.3. The Morgan fingerprint density at radius 1 is 0.667 bits per heavy atom. The highest BCUT2D eigenvalue weighted by atomic mass is 16.5. The van der Waals surface area contributed by atoms with Crippen molar-refractivity contribution in [1.29, 1.82) is 0 Å². The molecule has 0 bridgehead atoms. The van der Waals surface area contributed by atoms with Gasteiger partial charge in [-0.25, -0.2) is 0 Å². The van der Waals surface area contributed by atoms with E-state index in [0.717, 1.165) is 11.1 Å². The van der Waals surface area contributed by atoms with Crippen molar-refractivity contribution in [2.75, 3.05) is 11.9 Å². The van der Waals surface area contributed by atoms with Gasteiger partial charge in [0.2, 0.25) is 0 Å². The van der Waals surface area contributed by atoms with Crippen LogP contribution in [0, 0.1) is 0 Å². The fourth-order valence-electron chi connectivity index (χ4n) is 3.50. The van der Waals surface area contributed by atoms with Crippen LogP contribution in [0.4, 0.5) is 5.69 Å². The van der Waals surface area contributed by atoms with Gasteiger partial charge in [-0.2, -0.15) is 0 Å². The lowest BCUT2D eigenvalue weighted by Crippen LogP contribution is -2.33. The van der Waals surface area contributed by atoms with Gasteiger partial charge in [0.15, 0.2) is 6.61 Å². The first-order valence-electron chi connectivity index (χ1n) is 10.7. The summed E-state index contributed by atoms with van der Waals surface area (Å²) in [4.78, 5) is 25.5. The van der Waals surface area contributed by atoms with Crippen LogP contribution in [0.2, 0.25) is 0 Å². The molecule has 2 N–H and O–H groups in total. The number of ether oxygens (including phenoxy) is 1. The summed E-state index contributed by atoms with van der Waals surface area (Å²) in [7, 11) is 0. The van der Waals surface area contributed by atoms with Crippen molar-refractivity contribution < 1.29 is 14.3 Å². The average Bonchev–Trinajstić information content (AvgIpc) is 2.88. The minimum absolute atomic E-state index is 0.216. The van der Waals surface area contributed by atoms with Crippen LogP contribution in [-0.2, 0) is 4.79 Å². The molecule has 0 fully saturated rings. The smallest absolute Gasteiger partial charge is 0.259 e. The van der Waals surface area contributed by atoms with E-state index in [-0.39, 0.29) is 24.5 Å². The molecular formula is C28H24N2O3. The highest BCUT2D eigenvalue weighted by Gasteiger charge is 2.18. The van der Waals surface area contributed by atoms with Crippen LogP contribution in [0.3, 0.4) is 0 Å². The van der Waals surface area contributed by atoms with E-state index >= 15 is 0 Å². The molecule has 4 aromatic carbocycles. The standard InChI is InChI=1S/C28H24N2O3/c31-26(30-27(21-12-4-1-5-13-21)22-14-6-2-7-15-22)20-33-25-19-11-10-18-24(25)28(32)29-23-16-8-3-9-17-23/h1-19,27H,20H2,(H,29,32)(H,30,31). The van der Waals surface area contributed by atoms with Gasteiger partial charge in [0.05, 0.1) is 11.6 Å². The minimum atomic E-state index is -0.305. The molecule has 0 saturated heterocycles. The second kappa shape index (κ2) is 10.8. The van der Waals surface area contributed by atoms with Gasteiger partial charge >= 0.3 is 0 Å². The first kappa shape index (κ1) is 21.8. The zero-order valence-electron chi connectivity index (χ0n) is 18.0. The molecule has 0 aliphatic carbocycles. The SMILES string of the molecule is O=C(COc1ccccc1C(=O)Nc1ccccc1)NC(c1ccccc1)c1ccccc1. The average molecular weight is 437 g/mol. The van der Waals surface area contributed by atoms with E-state index in [1.54, 1.807) is 24.3 Å². The van der Waals surface area contributed by atoms with Gasteiger partial charge in [0.1, 0.15) is 5.75 Å². The van der Waals surface area contributed by atoms with E-state index < -0.39 is 0 Å². The fourth-order valence-corrected chi connectivity index (χ4v) is 3.50. The number of nitrogens with one attached hydrogen (secondary N) is 2.